The van der Waals surface area contributed by atoms with E-state index >= 15 is 0 Å². The van der Waals surface area contributed by atoms with E-state index in [1.807, 2.05) is 19.0 Å². The van der Waals surface area contributed by atoms with Gasteiger partial charge in [-0.15, -0.1) is 0 Å². The number of pyridine rings is 1. The highest BCUT2D eigenvalue weighted by atomic mass is 16.6. The molecule has 1 saturated heterocycles. The predicted molar refractivity (Wildman–Crippen MR) is 85.4 cm³/mol. The van der Waals surface area contributed by atoms with Crippen LogP contribution >= 0.6 is 0 Å². The number of rotatable bonds is 4. The molecular weight excluding hydrogens is 302 g/mol. The van der Waals surface area contributed by atoms with E-state index in [-0.39, 0.29) is 5.69 Å². The lowest BCUT2D eigenvalue weighted by molar-refractivity contribution is -0.385. The van der Waals surface area contributed by atoms with Crippen LogP contribution in [0.4, 0.5) is 16.3 Å². The molecule has 2 rings (SSSR count). The van der Waals surface area contributed by atoms with Gasteiger partial charge in [-0.1, -0.05) is 0 Å². The predicted octanol–water partition coefficient (Wildman–Crippen LogP) is 1.32. The Hall–Kier alpha value is -2.84. The third-order valence-electron chi connectivity index (χ3n) is 3.52. The first-order valence-corrected chi connectivity index (χ1v) is 7.10. The third kappa shape index (κ3) is 4.09. The standard InChI is InChI=1S/C14H19N5O4/c1-16(2)4-3-11-9-13(15-10-12(11)19(22)23)17-5-7-18(8-6-17)14(20)21/h3-4,9-10H,5-8H2,1-2H3,(H,20,21)/b4-3+. The van der Waals surface area contributed by atoms with Crippen LogP contribution in [-0.4, -0.2) is 71.2 Å². The van der Waals surface area contributed by atoms with Crippen molar-refractivity contribution in [3.8, 4) is 0 Å². The van der Waals surface area contributed by atoms with E-state index in [2.05, 4.69) is 4.98 Å². The Balaban J connectivity index is 2.22. The van der Waals surface area contributed by atoms with Gasteiger partial charge in [-0.2, -0.15) is 0 Å². The second kappa shape index (κ2) is 6.95. The molecular formula is C14H19N5O4. The van der Waals surface area contributed by atoms with Crippen LogP contribution < -0.4 is 4.90 Å². The Labute approximate surface area is 133 Å². The number of carbonyl (C=O) groups is 1. The molecule has 0 aliphatic carbocycles. The molecule has 9 nitrogen and oxygen atoms in total. The summed E-state index contributed by atoms with van der Waals surface area (Å²) in [7, 11) is 3.66. The van der Waals surface area contributed by atoms with Crippen LogP contribution in [0.5, 0.6) is 0 Å². The summed E-state index contributed by atoms with van der Waals surface area (Å²) >= 11 is 0. The minimum atomic E-state index is -0.934. The zero-order chi connectivity index (χ0) is 17.0. The molecule has 0 unspecified atom stereocenters. The number of hydrogen-bond donors (Lipinski definition) is 1. The van der Waals surface area contributed by atoms with Gasteiger partial charge in [0.15, 0.2) is 0 Å². The van der Waals surface area contributed by atoms with Crippen molar-refractivity contribution < 1.29 is 14.8 Å². The number of carboxylic acid groups (broad SMARTS) is 1. The number of nitrogens with zero attached hydrogens (tertiary/aromatic N) is 5. The smallest absolute Gasteiger partial charge is 0.407 e. The summed E-state index contributed by atoms with van der Waals surface area (Å²) < 4.78 is 0. The van der Waals surface area contributed by atoms with Gasteiger partial charge in [0.25, 0.3) is 5.69 Å². The van der Waals surface area contributed by atoms with Gasteiger partial charge < -0.3 is 19.8 Å². The van der Waals surface area contributed by atoms with Gasteiger partial charge in [0, 0.05) is 40.3 Å². The fourth-order valence-electron chi connectivity index (χ4n) is 2.27. The molecule has 9 heteroatoms. The summed E-state index contributed by atoms with van der Waals surface area (Å²) in [5.74, 6) is 0.610. The second-order valence-electron chi connectivity index (χ2n) is 5.39. The zero-order valence-corrected chi connectivity index (χ0v) is 13.0. The maximum atomic E-state index is 11.1. The van der Waals surface area contributed by atoms with Gasteiger partial charge in [0.05, 0.1) is 10.5 Å². The van der Waals surface area contributed by atoms with E-state index in [0.29, 0.717) is 37.6 Å². The molecule has 0 spiro atoms. The molecule has 0 bridgehead atoms. The van der Waals surface area contributed by atoms with Crippen molar-refractivity contribution in [3.63, 3.8) is 0 Å². The largest absolute Gasteiger partial charge is 0.465 e. The van der Waals surface area contributed by atoms with Crippen LogP contribution in [0, 0.1) is 10.1 Å². The van der Waals surface area contributed by atoms with Crippen molar-refractivity contribution in [1.29, 1.82) is 0 Å². The molecule has 1 N–H and O–H groups in total. The molecule has 0 radical (unpaired) electrons. The number of amides is 1. The van der Waals surface area contributed by atoms with E-state index in [9.17, 15) is 14.9 Å². The van der Waals surface area contributed by atoms with E-state index in [0.717, 1.165) is 0 Å². The minimum Gasteiger partial charge on any atom is -0.465 e. The first-order valence-electron chi connectivity index (χ1n) is 7.10. The molecule has 0 saturated carbocycles. The van der Waals surface area contributed by atoms with Gasteiger partial charge in [-0.3, -0.25) is 10.1 Å². The van der Waals surface area contributed by atoms with E-state index in [4.69, 9.17) is 5.11 Å². The van der Waals surface area contributed by atoms with Crippen molar-refractivity contribution in [3.05, 3.63) is 34.1 Å². The summed E-state index contributed by atoms with van der Waals surface area (Å²) in [6.45, 7) is 1.79. The van der Waals surface area contributed by atoms with Crippen LogP contribution in [0.1, 0.15) is 5.56 Å². The Morgan fingerprint density at radius 3 is 2.57 bits per heavy atom. The summed E-state index contributed by atoms with van der Waals surface area (Å²) in [5, 5.41) is 20.1. The van der Waals surface area contributed by atoms with Crippen LogP contribution in [0.25, 0.3) is 6.08 Å². The van der Waals surface area contributed by atoms with Gasteiger partial charge in [-0.25, -0.2) is 9.78 Å². The molecule has 1 aliphatic heterocycles. The SMILES string of the molecule is CN(C)/C=C/c1cc(N2CCN(C(=O)O)CC2)ncc1[N+](=O)[O-]. The quantitative estimate of drug-likeness (QED) is 0.659. The number of piperazine rings is 1. The Bertz CT molecular complexity index is 624. The van der Waals surface area contributed by atoms with E-state index in [1.54, 1.807) is 23.2 Å². The highest BCUT2D eigenvalue weighted by molar-refractivity contribution is 5.66. The first-order chi connectivity index (χ1) is 10.9. The average molecular weight is 321 g/mol. The van der Waals surface area contributed by atoms with Gasteiger partial charge in [-0.05, 0) is 18.3 Å². The van der Waals surface area contributed by atoms with Gasteiger partial charge in [0.1, 0.15) is 12.0 Å². The maximum Gasteiger partial charge on any atom is 0.407 e. The van der Waals surface area contributed by atoms with Crippen LogP contribution in [0.2, 0.25) is 0 Å². The average Bonchev–Trinajstić information content (AvgIpc) is 2.52. The molecule has 1 amide bonds. The van der Waals surface area contributed by atoms with Crippen molar-refractivity contribution in [1.82, 2.24) is 14.8 Å². The summed E-state index contributed by atoms with van der Waals surface area (Å²) in [6.07, 6.45) is 3.70. The van der Waals surface area contributed by atoms with Crippen LogP contribution in [-0.2, 0) is 0 Å². The highest BCUT2D eigenvalue weighted by Crippen LogP contribution is 2.24. The maximum absolute atomic E-state index is 11.1. The molecule has 124 valence electrons. The minimum absolute atomic E-state index is 0.0592. The molecule has 0 aromatic carbocycles. The second-order valence-corrected chi connectivity index (χ2v) is 5.39. The Morgan fingerprint density at radius 2 is 2.04 bits per heavy atom. The molecule has 0 atom stereocenters. The molecule has 1 aromatic heterocycles. The summed E-state index contributed by atoms with van der Waals surface area (Å²) in [4.78, 5) is 30.8. The third-order valence-corrected chi connectivity index (χ3v) is 3.52. The summed E-state index contributed by atoms with van der Waals surface area (Å²) in [6, 6.07) is 1.66. The topological polar surface area (TPSA) is 103 Å². The Kier molecular flexibility index (Phi) is 4.99. The number of hydrogen-bond acceptors (Lipinski definition) is 6. The van der Waals surface area contributed by atoms with Crippen molar-refractivity contribution in [2.45, 2.75) is 0 Å². The van der Waals surface area contributed by atoms with Crippen molar-refractivity contribution >= 4 is 23.7 Å². The van der Waals surface area contributed by atoms with Crippen LogP contribution in [0.15, 0.2) is 18.5 Å². The van der Waals surface area contributed by atoms with Crippen molar-refractivity contribution in [2.24, 2.45) is 0 Å². The normalized spacial score (nSPS) is 15.0. The number of anilines is 1. The van der Waals surface area contributed by atoms with Gasteiger partial charge in [0.2, 0.25) is 0 Å². The molecule has 2 heterocycles. The lowest BCUT2D eigenvalue weighted by atomic mass is 10.2. The van der Waals surface area contributed by atoms with Gasteiger partial charge >= 0.3 is 6.09 Å². The highest BCUT2D eigenvalue weighted by Gasteiger charge is 2.22. The number of nitro groups is 1. The fourth-order valence-corrected chi connectivity index (χ4v) is 2.27. The van der Waals surface area contributed by atoms with Crippen molar-refractivity contribution in [2.75, 3.05) is 45.2 Å². The Morgan fingerprint density at radius 1 is 1.39 bits per heavy atom. The molecule has 23 heavy (non-hydrogen) atoms. The molecule has 1 fully saturated rings. The fraction of sp³-hybridized carbons (Fsp3) is 0.429. The molecule has 1 aliphatic rings. The van der Waals surface area contributed by atoms with Crippen LogP contribution in [0.3, 0.4) is 0 Å². The number of aromatic nitrogens is 1. The lowest BCUT2D eigenvalue weighted by Gasteiger charge is -2.33. The molecule has 1 aromatic rings. The lowest BCUT2D eigenvalue weighted by Crippen LogP contribution is -2.48. The van der Waals surface area contributed by atoms with E-state index in [1.165, 1.54) is 11.1 Å². The summed E-state index contributed by atoms with van der Waals surface area (Å²) in [5.41, 5.74) is 0.408. The monoisotopic (exact) mass is 321 g/mol. The zero-order valence-electron chi connectivity index (χ0n) is 13.0. The first kappa shape index (κ1) is 16.5. The van der Waals surface area contributed by atoms with E-state index < -0.39 is 11.0 Å².